The van der Waals surface area contributed by atoms with Crippen LogP contribution in [0.15, 0.2) is 0 Å². The maximum absolute atomic E-state index is 6.13. The van der Waals surface area contributed by atoms with Crippen molar-refractivity contribution in [1.82, 2.24) is 14.7 Å². The SMILES string of the molecule is CCN1Cc2nn(C(C)(C)C)c(N)c2C1. The molecule has 0 unspecified atom stereocenters. The van der Waals surface area contributed by atoms with Crippen LogP contribution >= 0.6 is 0 Å². The highest BCUT2D eigenvalue weighted by atomic mass is 15.4. The molecule has 0 fully saturated rings. The highest BCUT2D eigenvalue weighted by Crippen LogP contribution is 2.30. The highest BCUT2D eigenvalue weighted by molar-refractivity contribution is 5.46. The molecule has 0 amide bonds. The zero-order valence-electron chi connectivity index (χ0n) is 10.0. The quantitative estimate of drug-likeness (QED) is 0.761. The molecule has 0 spiro atoms. The van der Waals surface area contributed by atoms with Crippen LogP contribution in [0, 0.1) is 0 Å². The first-order chi connectivity index (χ1) is 6.93. The Hall–Kier alpha value is -1.03. The van der Waals surface area contributed by atoms with Crippen LogP contribution in [0.2, 0.25) is 0 Å². The van der Waals surface area contributed by atoms with Gasteiger partial charge in [0.25, 0.3) is 0 Å². The maximum atomic E-state index is 6.13. The Morgan fingerprint density at radius 3 is 2.47 bits per heavy atom. The molecule has 0 saturated heterocycles. The Balaban J connectivity index is 2.36. The van der Waals surface area contributed by atoms with Crippen molar-refractivity contribution in [2.75, 3.05) is 12.3 Å². The van der Waals surface area contributed by atoms with E-state index in [9.17, 15) is 0 Å². The van der Waals surface area contributed by atoms with E-state index in [-0.39, 0.29) is 5.54 Å². The normalized spacial score (nSPS) is 17.1. The summed E-state index contributed by atoms with van der Waals surface area (Å²) in [4.78, 5) is 2.35. The number of nitrogens with zero attached hydrogens (tertiary/aromatic N) is 3. The summed E-state index contributed by atoms with van der Waals surface area (Å²) in [7, 11) is 0. The standard InChI is InChI=1S/C11H20N4/c1-5-14-6-8-9(7-14)13-15(10(8)12)11(2,3)4/h5-7,12H2,1-4H3. The molecule has 1 aliphatic rings. The van der Waals surface area contributed by atoms with Crippen molar-refractivity contribution in [3.05, 3.63) is 11.3 Å². The molecule has 0 aliphatic carbocycles. The highest BCUT2D eigenvalue weighted by Gasteiger charge is 2.28. The first kappa shape index (κ1) is 10.5. The molecule has 0 saturated carbocycles. The first-order valence-corrected chi connectivity index (χ1v) is 5.52. The van der Waals surface area contributed by atoms with E-state index in [0.717, 1.165) is 31.1 Å². The lowest BCUT2D eigenvalue weighted by Gasteiger charge is -2.22. The van der Waals surface area contributed by atoms with Gasteiger partial charge in [0.1, 0.15) is 5.82 Å². The molecular formula is C11H20N4. The lowest BCUT2D eigenvalue weighted by molar-refractivity contribution is 0.288. The summed E-state index contributed by atoms with van der Waals surface area (Å²) < 4.78 is 1.95. The van der Waals surface area contributed by atoms with Crippen LogP contribution in [-0.4, -0.2) is 21.2 Å². The molecule has 4 heteroatoms. The van der Waals surface area contributed by atoms with E-state index in [1.165, 1.54) is 5.56 Å². The average molecular weight is 208 g/mol. The zero-order valence-corrected chi connectivity index (χ0v) is 10.0. The third kappa shape index (κ3) is 1.63. The molecule has 1 aliphatic heterocycles. The Bertz CT molecular complexity index is 373. The predicted octanol–water partition coefficient (Wildman–Crippen LogP) is 1.56. The molecule has 15 heavy (non-hydrogen) atoms. The van der Waals surface area contributed by atoms with Gasteiger partial charge in [-0.1, -0.05) is 6.92 Å². The largest absolute Gasteiger partial charge is 0.384 e. The molecule has 0 aromatic carbocycles. The number of hydrogen-bond donors (Lipinski definition) is 1. The van der Waals surface area contributed by atoms with E-state index < -0.39 is 0 Å². The van der Waals surface area contributed by atoms with Crippen LogP contribution in [0.1, 0.15) is 39.0 Å². The Morgan fingerprint density at radius 1 is 1.33 bits per heavy atom. The lowest BCUT2D eigenvalue weighted by atomic mass is 10.1. The number of nitrogen functional groups attached to an aromatic ring is 1. The lowest BCUT2D eigenvalue weighted by Crippen LogP contribution is -2.26. The summed E-state index contributed by atoms with van der Waals surface area (Å²) in [6.07, 6.45) is 0. The molecule has 1 aromatic heterocycles. The van der Waals surface area contributed by atoms with E-state index in [1.807, 2.05) is 4.68 Å². The second-order valence-electron chi connectivity index (χ2n) is 5.20. The molecule has 0 atom stereocenters. The third-order valence-electron chi connectivity index (χ3n) is 2.94. The molecule has 0 bridgehead atoms. The van der Waals surface area contributed by atoms with E-state index in [4.69, 9.17) is 5.73 Å². The van der Waals surface area contributed by atoms with Gasteiger partial charge in [0.15, 0.2) is 0 Å². The van der Waals surface area contributed by atoms with E-state index in [1.54, 1.807) is 0 Å². The van der Waals surface area contributed by atoms with Crippen molar-refractivity contribution in [2.45, 2.75) is 46.3 Å². The van der Waals surface area contributed by atoms with E-state index in [2.05, 4.69) is 37.7 Å². The van der Waals surface area contributed by atoms with Crippen molar-refractivity contribution < 1.29 is 0 Å². The van der Waals surface area contributed by atoms with Crippen molar-refractivity contribution in [2.24, 2.45) is 0 Å². The van der Waals surface area contributed by atoms with Gasteiger partial charge in [-0.25, -0.2) is 4.68 Å². The van der Waals surface area contributed by atoms with Gasteiger partial charge in [0.2, 0.25) is 0 Å². The van der Waals surface area contributed by atoms with Crippen LogP contribution < -0.4 is 5.73 Å². The van der Waals surface area contributed by atoms with Crippen molar-refractivity contribution in [3.63, 3.8) is 0 Å². The van der Waals surface area contributed by atoms with Crippen molar-refractivity contribution in [3.8, 4) is 0 Å². The average Bonchev–Trinajstić information content (AvgIpc) is 2.64. The van der Waals surface area contributed by atoms with Crippen LogP contribution in [0.4, 0.5) is 5.82 Å². The molecule has 2 heterocycles. The summed E-state index contributed by atoms with van der Waals surface area (Å²) >= 11 is 0. The van der Waals surface area contributed by atoms with E-state index in [0.29, 0.717) is 0 Å². The predicted molar refractivity (Wildman–Crippen MR) is 61.4 cm³/mol. The monoisotopic (exact) mass is 208 g/mol. The Kier molecular flexibility index (Phi) is 2.26. The Morgan fingerprint density at radius 2 is 2.00 bits per heavy atom. The number of hydrogen-bond acceptors (Lipinski definition) is 3. The van der Waals surface area contributed by atoms with Gasteiger partial charge in [-0.2, -0.15) is 5.10 Å². The second kappa shape index (κ2) is 3.23. The fraction of sp³-hybridized carbons (Fsp3) is 0.727. The van der Waals surface area contributed by atoms with Gasteiger partial charge in [-0.15, -0.1) is 0 Å². The maximum Gasteiger partial charge on any atom is 0.127 e. The smallest absolute Gasteiger partial charge is 0.127 e. The van der Waals surface area contributed by atoms with Crippen molar-refractivity contribution in [1.29, 1.82) is 0 Å². The second-order valence-corrected chi connectivity index (χ2v) is 5.20. The van der Waals surface area contributed by atoms with Crippen molar-refractivity contribution >= 4 is 5.82 Å². The first-order valence-electron chi connectivity index (χ1n) is 5.52. The van der Waals surface area contributed by atoms with Crippen LogP contribution in [0.3, 0.4) is 0 Å². The minimum absolute atomic E-state index is 0.0224. The fourth-order valence-electron chi connectivity index (χ4n) is 2.04. The van der Waals surface area contributed by atoms with Gasteiger partial charge >= 0.3 is 0 Å². The topological polar surface area (TPSA) is 47.1 Å². The molecule has 84 valence electrons. The molecular weight excluding hydrogens is 188 g/mol. The molecule has 1 aromatic rings. The molecule has 4 nitrogen and oxygen atoms in total. The van der Waals surface area contributed by atoms with Gasteiger partial charge in [0, 0.05) is 18.7 Å². The van der Waals surface area contributed by atoms with Gasteiger partial charge in [-0.05, 0) is 27.3 Å². The minimum atomic E-state index is -0.0224. The third-order valence-corrected chi connectivity index (χ3v) is 2.94. The fourth-order valence-corrected chi connectivity index (χ4v) is 2.04. The van der Waals surface area contributed by atoms with Crippen LogP contribution in [0.25, 0.3) is 0 Å². The zero-order chi connectivity index (χ0) is 11.2. The molecule has 2 rings (SSSR count). The Labute approximate surface area is 91.1 Å². The van der Waals surface area contributed by atoms with Gasteiger partial charge in [0.05, 0.1) is 11.2 Å². The number of fused-ring (bicyclic) bond motifs is 1. The van der Waals surface area contributed by atoms with Gasteiger partial charge in [-0.3, -0.25) is 4.90 Å². The number of aromatic nitrogens is 2. The minimum Gasteiger partial charge on any atom is -0.384 e. The summed E-state index contributed by atoms with van der Waals surface area (Å²) in [5.41, 5.74) is 8.49. The van der Waals surface area contributed by atoms with Crippen LogP contribution in [0.5, 0.6) is 0 Å². The number of nitrogens with two attached hydrogens (primary N) is 1. The summed E-state index contributed by atoms with van der Waals surface area (Å²) in [6.45, 7) is 11.5. The number of anilines is 1. The van der Waals surface area contributed by atoms with E-state index >= 15 is 0 Å². The van der Waals surface area contributed by atoms with Gasteiger partial charge < -0.3 is 5.73 Å². The summed E-state index contributed by atoms with van der Waals surface area (Å²) in [5, 5.41) is 4.61. The summed E-state index contributed by atoms with van der Waals surface area (Å²) in [6, 6.07) is 0. The molecule has 2 N–H and O–H groups in total. The number of rotatable bonds is 1. The summed E-state index contributed by atoms with van der Waals surface area (Å²) in [5.74, 6) is 0.841. The molecule has 0 radical (unpaired) electrons. The van der Waals surface area contributed by atoms with Crippen LogP contribution in [-0.2, 0) is 18.6 Å².